The molecule has 1 aromatic carbocycles. The lowest BCUT2D eigenvalue weighted by Crippen LogP contribution is -2.19. The van der Waals surface area contributed by atoms with Gasteiger partial charge in [0.15, 0.2) is 0 Å². The Morgan fingerprint density at radius 3 is 2.83 bits per heavy atom. The Bertz CT molecular complexity index is 607. The zero-order chi connectivity index (χ0) is 13.0. The first kappa shape index (κ1) is 12.2. The number of nitrogens with zero attached hydrogens (tertiary/aromatic N) is 2. The van der Waals surface area contributed by atoms with Crippen LogP contribution in [0.5, 0.6) is 0 Å². The molecule has 4 nitrogen and oxygen atoms in total. The number of aromatic nitrogens is 1. The molecule has 0 unspecified atom stereocenters. The Morgan fingerprint density at radius 1 is 1.33 bits per heavy atom. The van der Waals surface area contributed by atoms with E-state index in [4.69, 9.17) is 16.9 Å². The fourth-order valence-electron chi connectivity index (χ4n) is 1.56. The summed E-state index contributed by atoms with van der Waals surface area (Å²) in [6, 6.07) is 12.4. The van der Waals surface area contributed by atoms with E-state index >= 15 is 0 Å². The average molecular weight is 260 g/mol. The van der Waals surface area contributed by atoms with E-state index in [0.717, 1.165) is 0 Å². The molecule has 18 heavy (non-hydrogen) atoms. The molecule has 0 aliphatic heterocycles. The maximum atomic E-state index is 11.8. The van der Waals surface area contributed by atoms with Crippen molar-refractivity contribution < 1.29 is 4.79 Å². The van der Waals surface area contributed by atoms with Gasteiger partial charge in [-0.25, -0.2) is 0 Å². The molecular formula is C13H10ClN3O. The van der Waals surface area contributed by atoms with Crippen molar-refractivity contribution in [2.24, 2.45) is 0 Å². The summed E-state index contributed by atoms with van der Waals surface area (Å²) in [5.74, 6) is -0.226. The minimum Gasteiger partial charge on any atom is -0.330 e. The number of nitrogens with one attached hydrogen (secondary N) is 1. The van der Waals surface area contributed by atoms with Gasteiger partial charge in [0.05, 0.1) is 10.7 Å². The van der Waals surface area contributed by atoms with Crippen molar-refractivity contribution in [3.63, 3.8) is 0 Å². The van der Waals surface area contributed by atoms with Gasteiger partial charge in [0, 0.05) is 6.20 Å². The summed E-state index contributed by atoms with van der Waals surface area (Å²) in [5, 5.41) is 12.0. The number of rotatable bonds is 3. The van der Waals surface area contributed by atoms with Gasteiger partial charge in [-0.1, -0.05) is 23.7 Å². The molecule has 0 atom stereocenters. The second-order valence-electron chi connectivity index (χ2n) is 3.66. The standard InChI is InChI=1S/C13H10ClN3O/c14-11-5-1-2-6-12(11)16-13(18)9-17-7-3-4-10(17)8-15/h1-7H,9H2,(H,16,18). The van der Waals surface area contributed by atoms with E-state index in [1.54, 1.807) is 47.2 Å². The number of hydrogen-bond acceptors (Lipinski definition) is 2. The van der Waals surface area contributed by atoms with Crippen LogP contribution in [0.4, 0.5) is 5.69 Å². The molecule has 0 aliphatic rings. The minimum absolute atomic E-state index is 0.0844. The molecule has 90 valence electrons. The van der Waals surface area contributed by atoms with E-state index in [-0.39, 0.29) is 12.5 Å². The van der Waals surface area contributed by atoms with Crippen LogP contribution in [-0.4, -0.2) is 10.5 Å². The molecule has 0 bridgehead atoms. The molecule has 1 aromatic heterocycles. The van der Waals surface area contributed by atoms with Gasteiger partial charge in [-0.2, -0.15) is 5.26 Å². The first-order valence-electron chi connectivity index (χ1n) is 5.30. The second-order valence-corrected chi connectivity index (χ2v) is 4.07. The van der Waals surface area contributed by atoms with Gasteiger partial charge in [-0.05, 0) is 24.3 Å². The number of amides is 1. The topological polar surface area (TPSA) is 57.8 Å². The molecule has 1 amide bonds. The Balaban J connectivity index is 2.06. The van der Waals surface area contributed by atoms with Gasteiger partial charge in [0.1, 0.15) is 18.3 Å². The molecule has 0 radical (unpaired) electrons. The molecule has 1 N–H and O–H groups in total. The van der Waals surface area contributed by atoms with Gasteiger partial charge >= 0.3 is 0 Å². The average Bonchev–Trinajstić information content (AvgIpc) is 2.79. The third-order valence-electron chi connectivity index (χ3n) is 2.41. The Morgan fingerprint density at radius 2 is 2.11 bits per heavy atom. The van der Waals surface area contributed by atoms with Crippen molar-refractivity contribution in [1.82, 2.24) is 4.57 Å². The fourth-order valence-corrected chi connectivity index (χ4v) is 1.74. The van der Waals surface area contributed by atoms with Crippen LogP contribution in [0, 0.1) is 11.3 Å². The highest BCUT2D eigenvalue weighted by Gasteiger charge is 2.07. The monoisotopic (exact) mass is 259 g/mol. The van der Waals surface area contributed by atoms with E-state index in [2.05, 4.69) is 5.32 Å². The minimum atomic E-state index is -0.226. The molecule has 0 saturated carbocycles. The highest BCUT2D eigenvalue weighted by molar-refractivity contribution is 6.33. The van der Waals surface area contributed by atoms with Crippen LogP contribution >= 0.6 is 11.6 Å². The van der Waals surface area contributed by atoms with Gasteiger partial charge in [-0.15, -0.1) is 0 Å². The normalized spacial score (nSPS) is 9.78. The number of carbonyl (C=O) groups excluding carboxylic acids is 1. The number of benzene rings is 1. The van der Waals surface area contributed by atoms with E-state index in [0.29, 0.717) is 16.4 Å². The SMILES string of the molecule is N#Cc1cccn1CC(=O)Nc1ccccc1Cl. The molecule has 0 aliphatic carbocycles. The van der Waals surface area contributed by atoms with Crippen molar-refractivity contribution in [3.8, 4) is 6.07 Å². The highest BCUT2D eigenvalue weighted by atomic mass is 35.5. The lowest BCUT2D eigenvalue weighted by atomic mass is 10.3. The maximum Gasteiger partial charge on any atom is 0.244 e. The predicted molar refractivity (Wildman–Crippen MR) is 69.2 cm³/mol. The molecular weight excluding hydrogens is 250 g/mol. The first-order valence-corrected chi connectivity index (χ1v) is 5.68. The molecule has 5 heteroatoms. The van der Waals surface area contributed by atoms with Crippen molar-refractivity contribution in [3.05, 3.63) is 53.3 Å². The quantitative estimate of drug-likeness (QED) is 0.921. The van der Waals surface area contributed by atoms with Crippen molar-refractivity contribution in [2.45, 2.75) is 6.54 Å². The first-order chi connectivity index (χ1) is 8.70. The summed E-state index contributed by atoms with van der Waals surface area (Å²) in [5.41, 5.74) is 1.01. The van der Waals surface area contributed by atoms with Gasteiger partial charge < -0.3 is 9.88 Å². The summed E-state index contributed by atoms with van der Waals surface area (Å²) in [6.07, 6.45) is 1.69. The maximum absolute atomic E-state index is 11.8. The van der Waals surface area contributed by atoms with Crippen LogP contribution in [0.15, 0.2) is 42.6 Å². The number of para-hydroxylation sites is 1. The molecule has 2 rings (SSSR count). The lowest BCUT2D eigenvalue weighted by Gasteiger charge is -2.08. The van der Waals surface area contributed by atoms with Crippen LogP contribution < -0.4 is 5.32 Å². The van der Waals surface area contributed by atoms with Crippen LogP contribution in [0.2, 0.25) is 5.02 Å². The number of carbonyl (C=O) groups is 1. The Kier molecular flexibility index (Phi) is 3.66. The molecule has 2 aromatic rings. The number of hydrogen-bond donors (Lipinski definition) is 1. The zero-order valence-electron chi connectivity index (χ0n) is 9.43. The van der Waals surface area contributed by atoms with Crippen molar-refractivity contribution >= 4 is 23.2 Å². The Labute approximate surface area is 109 Å². The van der Waals surface area contributed by atoms with E-state index in [1.165, 1.54) is 0 Å². The zero-order valence-corrected chi connectivity index (χ0v) is 10.2. The summed E-state index contributed by atoms with van der Waals surface area (Å²) in [7, 11) is 0. The fraction of sp³-hybridized carbons (Fsp3) is 0.0769. The van der Waals surface area contributed by atoms with Crippen LogP contribution in [0.1, 0.15) is 5.69 Å². The smallest absolute Gasteiger partial charge is 0.244 e. The van der Waals surface area contributed by atoms with Crippen LogP contribution in [0.25, 0.3) is 0 Å². The lowest BCUT2D eigenvalue weighted by molar-refractivity contribution is -0.116. The van der Waals surface area contributed by atoms with Gasteiger partial charge in [0.25, 0.3) is 0 Å². The number of nitriles is 1. The molecule has 0 spiro atoms. The third kappa shape index (κ3) is 2.70. The van der Waals surface area contributed by atoms with Gasteiger partial charge in [-0.3, -0.25) is 4.79 Å². The molecule has 0 saturated heterocycles. The summed E-state index contributed by atoms with van der Waals surface area (Å²) in [6.45, 7) is 0.0844. The van der Waals surface area contributed by atoms with Crippen molar-refractivity contribution in [2.75, 3.05) is 5.32 Å². The summed E-state index contributed by atoms with van der Waals surface area (Å²) in [4.78, 5) is 11.8. The van der Waals surface area contributed by atoms with Gasteiger partial charge in [0.2, 0.25) is 5.91 Å². The predicted octanol–water partition coefficient (Wildman–Crippen LogP) is 2.65. The van der Waals surface area contributed by atoms with E-state index in [9.17, 15) is 4.79 Å². The number of anilines is 1. The van der Waals surface area contributed by atoms with E-state index < -0.39 is 0 Å². The third-order valence-corrected chi connectivity index (χ3v) is 2.74. The van der Waals surface area contributed by atoms with Crippen molar-refractivity contribution in [1.29, 1.82) is 5.26 Å². The molecule has 1 heterocycles. The van der Waals surface area contributed by atoms with Crippen LogP contribution in [-0.2, 0) is 11.3 Å². The Hall–Kier alpha value is -2.25. The summed E-state index contributed by atoms with van der Waals surface area (Å²) < 4.78 is 1.58. The number of halogens is 1. The highest BCUT2D eigenvalue weighted by Crippen LogP contribution is 2.20. The van der Waals surface area contributed by atoms with Crippen LogP contribution in [0.3, 0.4) is 0 Å². The van der Waals surface area contributed by atoms with E-state index in [1.807, 2.05) is 6.07 Å². The largest absolute Gasteiger partial charge is 0.330 e. The summed E-state index contributed by atoms with van der Waals surface area (Å²) >= 11 is 5.93. The molecule has 0 fully saturated rings. The second kappa shape index (κ2) is 5.39.